The van der Waals surface area contributed by atoms with Crippen LogP contribution >= 0.6 is 0 Å². The number of unbranched alkanes of at least 4 members (excludes halogenated alkanes) is 24. The van der Waals surface area contributed by atoms with Crippen LogP contribution in [0.1, 0.15) is 207 Å². The van der Waals surface area contributed by atoms with Crippen molar-refractivity contribution in [2.24, 2.45) is 0 Å². The molecule has 4 heteroatoms. The van der Waals surface area contributed by atoms with E-state index in [1.807, 2.05) is 25.9 Å². The lowest BCUT2D eigenvalue weighted by molar-refractivity contribution is -0.251. The van der Waals surface area contributed by atoms with Crippen molar-refractivity contribution in [3.63, 3.8) is 0 Å². The number of allylic oxidation sites excluding steroid dienone is 4. The average Bonchev–Trinajstić information content (AvgIpc) is 3.03. The second kappa shape index (κ2) is 34.9. The number of rotatable bonds is 37. The lowest BCUT2D eigenvalue weighted by Gasteiger charge is -2.39. The Kier molecular flexibility index (Phi) is 34.2. The molecule has 278 valence electrons. The van der Waals surface area contributed by atoms with Crippen molar-refractivity contribution < 1.29 is 14.3 Å². The van der Waals surface area contributed by atoms with Crippen molar-refractivity contribution in [1.82, 2.24) is 4.90 Å². The zero-order chi connectivity index (χ0) is 34.7. The number of ether oxygens (including phenoxy) is 2. The van der Waals surface area contributed by atoms with Gasteiger partial charge in [-0.2, -0.15) is 0 Å². The molecule has 1 unspecified atom stereocenters. The molecule has 0 aromatic rings. The number of ketones is 1. The zero-order valence-corrected chi connectivity index (χ0v) is 32.8. The number of hydrogen-bond donors (Lipinski definition) is 0. The molecule has 0 spiro atoms. The molecular weight excluding hydrogens is 578 g/mol. The smallest absolute Gasteiger partial charge is 0.188 e. The van der Waals surface area contributed by atoms with Gasteiger partial charge < -0.3 is 9.47 Å². The first-order valence-electron chi connectivity index (χ1n) is 20.6. The molecule has 0 saturated heterocycles. The van der Waals surface area contributed by atoms with Crippen LogP contribution in [0.3, 0.4) is 0 Å². The minimum absolute atomic E-state index is 0.0968. The Hall–Kier alpha value is -0.970. The van der Waals surface area contributed by atoms with Gasteiger partial charge in [-0.1, -0.05) is 154 Å². The summed E-state index contributed by atoms with van der Waals surface area (Å²) in [6.45, 7) is 9.47. The first-order valence-corrected chi connectivity index (χ1v) is 20.6. The number of carbonyl (C=O) groups is 1. The third kappa shape index (κ3) is 29.6. The molecule has 4 nitrogen and oxygen atoms in total. The molecule has 0 bridgehead atoms. The van der Waals surface area contributed by atoms with Gasteiger partial charge in [0.05, 0.1) is 13.2 Å². The lowest BCUT2D eigenvalue weighted by atomic mass is 10.0. The van der Waals surface area contributed by atoms with Crippen molar-refractivity contribution in [2.45, 2.75) is 219 Å². The van der Waals surface area contributed by atoms with Crippen LogP contribution in [-0.4, -0.2) is 49.8 Å². The van der Waals surface area contributed by atoms with Gasteiger partial charge in [0, 0.05) is 0 Å². The third-order valence-corrected chi connectivity index (χ3v) is 9.49. The van der Waals surface area contributed by atoms with Gasteiger partial charge in [0.1, 0.15) is 6.04 Å². The Bertz CT molecular complexity index is 672. The Morgan fingerprint density at radius 3 is 1.06 bits per heavy atom. The molecule has 0 aromatic carbocycles. The summed E-state index contributed by atoms with van der Waals surface area (Å²) in [5, 5.41) is 0. The van der Waals surface area contributed by atoms with Gasteiger partial charge in [0.15, 0.2) is 11.6 Å². The van der Waals surface area contributed by atoms with Crippen LogP contribution in [0.25, 0.3) is 0 Å². The quantitative estimate of drug-likeness (QED) is 0.0377. The predicted octanol–water partition coefficient (Wildman–Crippen LogP) is 13.3. The first kappa shape index (κ1) is 46.0. The second-order valence-corrected chi connectivity index (χ2v) is 14.6. The standard InChI is InChI=1S/C43H83NO3/c1-7-9-11-13-15-17-19-21-23-25-27-29-31-33-35-37-39-46-43(4,42(41(3)45)44(5)6)47-40-38-36-34-32-30-28-26-24-22-20-18-16-14-12-10-8-2/h21-24,42H,7-20,25-40H2,1-6H3/b23-21-,24-22-. The van der Waals surface area contributed by atoms with Crippen LogP contribution in [0.15, 0.2) is 24.3 Å². The van der Waals surface area contributed by atoms with Gasteiger partial charge >= 0.3 is 0 Å². The molecule has 0 heterocycles. The van der Waals surface area contributed by atoms with Gasteiger partial charge in [0.25, 0.3) is 0 Å². The lowest BCUT2D eigenvalue weighted by Crippen LogP contribution is -2.55. The number of nitrogens with zero attached hydrogens (tertiary/aromatic N) is 1. The van der Waals surface area contributed by atoms with Gasteiger partial charge in [0.2, 0.25) is 0 Å². The van der Waals surface area contributed by atoms with Crippen LogP contribution < -0.4 is 0 Å². The molecule has 0 saturated carbocycles. The Balaban J connectivity index is 4.02. The van der Waals surface area contributed by atoms with Crippen LogP contribution in [-0.2, 0) is 14.3 Å². The number of carbonyl (C=O) groups excluding carboxylic acids is 1. The maximum atomic E-state index is 12.6. The largest absolute Gasteiger partial charge is 0.348 e. The topological polar surface area (TPSA) is 38.8 Å². The maximum absolute atomic E-state index is 12.6. The second-order valence-electron chi connectivity index (χ2n) is 14.6. The normalized spacial score (nSPS) is 13.1. The average molecular weight is 662 g/mol. The highest BCUT2D eigenvalue weighted by atomic mass is 16.7. The first-order chi connectivity index (χ1) is 22.9. The molecule has 0 aromatic heterocycles. The summed E-state index contributed by atoms with van der Waals surface area (Å²) in [6, 6.07) is -0.397. The summed E-state index contributed by atoms with van der Waals surface area (Å²) in [6.07, 6.45) is 45.8. The van der Waals surface area contributed by atoms with Crippen LogP contribution in [0, 0.1) is 0 Å². The summed E-state index contributed by atoms with van der Waals surface area (Å²) >= 11 is 0. The highest BCUT2D eigenvalue weighted by Gasteiger charge is 2.41. The SMILES string of the molecule is CCCCCCCC/C=C\CCCCCCCCOC(C)(OCCCCCCCC/C=C\CCCCCCCC)C(C(C)=O)N(C)C. The Morgan fingerprint density at radius 1 is 0.511 bits per heavy atom. The van der Waals surface area contributed by atoms with E-state index in [0.29, 0.717) is 13.2 Å². The van der Waals surface area contributed by atoms with Crippen molar-refractivity contribution in [1.29, 1.82) is 0 Å². The molecule has 0 N–H and O–H groups in total. The van der Waals surface area contributed by atoms with Gasteiger partial charge in [-0.15, -0.1) is 0 Å². The summed E-state index contributed by atoms with van der Waals surface area (Å²) in [5.41, 5.74) is 0. The van der Waals surface area contributed by atoms with Gasteiger partial charge in [-0.05, 0) is 92.2 Å². The van der Waals surface area contributed by atoms with E-state index in [1.54, 1.807) is 6.92 Å². The van der Waals surface area contributed by atoms with Crippen LogP contribution in [0.2, 0.25) is 0 Å². The Morgan fingerprint density at radius 2 is 0.787 bits per heavy atom. The maximum Gasteiger partial charge on any atom is 0.188 e. The fraction of sp³-hybridized carbons (Fsp3) is 0.884. The molecule has 0 aliphatic heterocycles. The molecule has 0 aliphatic rings. The summed E-state index contributed by atoms with van der Waals surface area (Å²) in [7, 11) is 3.90. The fourth-order valence-corrected chi connectivity index (χ4v) is 6.65. The summed E-state index contributed by atoms with van der Waals surface area (Å²) < 4.78 is 12.7. The van der Waals surface area contributed by atoms with Crippen molar-refractivity contribution >= 4 is 5.78 Å². The molecule has 0 aliphatic carbocycles. The zero-order valence-electron chi connectivity index (χ0n) is 32.8. The third-order valence-electron chi connectivity index (χ3n) is 9.49. The summed E-state index contributed by atoms with van der Waals surface area (Å²) in [5.74, 6) is -0.807. The molecule has 1 atom stereocenters. The van der Waals surface area contributed by atoms with Crippen molar-refractivity contribution in [3.05, 3.63) is 24.3 Å². The number of likely N-dealkylation sites (N-methyl/N-ethyl adjacent to an activating group) is 1. The molecule has 0 radical (unpaired) electrons. The van der Waals surface area contributed by atoms with E-state index in [-0.39, 0.29) is 5.78 Å². The van der Waals surface area contributed by atoms with Gasteiger partial charge in [-0.3, -0.25) is 9.69 Å². The fourth-order valence-electron chi connectivity index (χ4n) is 6.65. The highest BCUT2D eigenvalue weighted by Crippen LogP contribution is 2.24. The van der Waals surface area contributed by atoms with E-state index < -0.39 is 11.8 Å². The molecular formula is C43H83NO3. The highest BCUT2D eigenvalue weighted by molar-refractivity contribution is 5.82. The van der Waals surface area contributed by atoms with Crippen LogP contribution in [0.4, 0.5) is 0 Å². The number of hydrogen-bond acceptors (Lipinski definition) is 4. The van der Waals surface area contributed by atoms with E-state index in [0.717, 1.165) is 12.8 Å². The van der Waals surface area contributed by atoms with E-state index in [2.05, 4.69) is 38.2 Å². The van der Waals surface area contributed by atoms with Crippen LogP contribution in [0.5, 0.6) is 0 Å². The molecule has 0 amide bonds. The minimum Gasteiger partial charge on any atom is -0.348 e. The van der Waals surface area contributed by atoms with E-state index in [1.165, 1.54) is 167 Å². The van der Waals surface area contributed by atoms with E-state index in [9.17, 15) is 4.79 Å². The Labute approximate surface area is 295 Å². The molecule has 47 heavy (non-hydrogen) atoms. The van der Waals surface area contributed by atoms with Gasteiger partial charge in [-0.25, -0.2) is 0 Å². The van der Waals surface area contributed by atoms with E-state index in [4.69, 9.17) is 9.47 Å². The monoisotopic (exact) mass is 662 g/mol. The van der Waals surface area contributed by atoms with Crippen molar-refractivity contribution in [2.75, 3.05) is 27.3 Å². The number of Topliss-reactive ketones (excluding diaryl/α,β-unsaturated/α-hetero) is 1. The van der Waals surface area contributed by atoms with Crippen molar-refractivity contribution in [3.8, 4) is 0 Å². The molecule has 0 rings (SSSR count). The molecule has 0 fully saturated rings. The summed E-state index contributed by atoms with van der Waals surface area (Å²) in [4.78, 5) is 14.5. The minimum atomic E-state index is -0.904. The predicted molar refractivity (Wildman–Crippen MR) is 207 cm³/mol. The van der Waals surface area contributed by atoms with E-state index >= 15 is 0 Å².